The first-order valence-electron chi connectivity index (χ1n) is 5.21. The third-order valence-electron chi connectivity index (χ3n) is 2.75. The number of halogens is 1. The molecule has 1 aliphatic rings. The number of carbonyl (C=O) groups is 1. The lowest BCUT2D eigenvalue weighted by atomic mass is 10.1. The van der Waals surface area contributed by atoms with Gasteiger partial charge >= 0.3 is 5.97 Å². The second kappa shape index (κ2) is 4.13. The van der Waals surface area contributed by atoms with Crippen LogP contribution in [0.3, 0.4) is 0 Å². The van der Waals surface area contributed by atoms with Crippen LogP contribution in [0.1, 0.15) is 16.1 Å². The van der Waals surface area contributed by atoms with E-state index in [2.05, 4.69) is 20.9 Å². The van der Waals surface area contributed by atoms with Gasteiger partial charge in [0.2, 0.25) is 6.79 Å². The summed E-state index contributed by atoms with van der Waals surface area (Å²) in [7, 11) is 0. The summed E-state index contributed by atoms with van der Waals surface area (Å²) in [4.78, 5) is 15.5. The van der Waals surface area contributed by atoms with Crippen molar-refractivity contribution in [1.29, 1.82) is 0 Å². The zero-order valence-corrected chi connectivity index (χ0v) is 10.7. The fourth-order valence-electron chi connectivity index (χ4n) is 1.89. The van der Waals surface area contributed by atoms with E-state index in [1.807, 2.05) is 0 Å². The van der Waals surface area contributed by atoms with Crippen LogP contribution in [-0.2, 0) is 5.33 Å². The Bertz CT molecular complexity index is 656. The minimum absolute atomic E-state index is 0.183. The summed E-state index contributed by atoms with van der Waals surface area (Å²) in [6.45, 7) is 0.183. The smallest absolute Gasteiger partial charge is 0.337 e. The van der Waals surface area contributed by atoms with E-state index in [4.69, 9.17) is 14.6 Å². The summed E-state index contributed by atoms with van der Waals surface area (Å²) in [6, 6.07) is 5.10. The highest BCUT2D eigenvalue weighted by Crippen LogP contribution is 2.36. The molecule has 0 saturated heterocycles. The maximum atomic E-state index is 11.1. The Labute approximate surface area is 110 Å². The van der Waals surface area contributed by atoms with Crippen LogP contribution in [0, 0.1) is 0 Å². The van der Waals surface area contributed by atoms with Gasteiger partial charge in [-0.15, -0.1) is 0 Å². The molecule has 0 unspecified atom stereocenters. The van der Waals surface area contributed by atoms with Crippen LogP contribution < -0.4 is 9.47 Å². The first-order chi connectivity index (χ1) is 8.69. The number of pyridine rings is 1. The minimum Gasteiger partial charge on any atom is -0.478 e. The Kier molecular flexibility index (Phi) is 2.59. The normalized spacial score (nSPS) is 12.9. The van der Waals surface area contributed by atoms with Gasteiger partial charge in [0.25, 0.3) is 0 Å². The molecule has 5 nitrogen and oxygen atoms in total. The van der Waals surface area contributed by atoms with Gasteiger partial charge in [-0.2, -0.15) is 0 Å². The molecule has 1 aromatic heterocycles. The first kappa shape index (κ1) is 11.3. The van der Waals surface area contributed by atoms with Crippen LogP contribution in [-0.4, -0.2) is 22.9 Å². The van der Waals surface area contributed by atoms with Crippen LogP contribution in [0.15, 0.2) is 18.2 Å². The van der Waals surface area contributed by atoms with E-state index < -0.39 is 5.97 Å². The van der Waals surface area contributed by atoms with Crippen molar-refractivity contribution in [2.75, 3.05) is 6.79 Å². The molecular formula is C12H8BrNO4. The van der Waals surface area contributed by atoms with Gasteiger partial charge in [0.15, 0.2) is 11.5 Å². The number of hydrogen-bond acceptors (Lipinski definition) is 4. The molecule has 0 radical (unpaired) electrons. The van der Waals surface area contributed by atoms with E-state index >= 15 is 0 Å². The lowest BCUT2D eigenvalue weighted by molar-refractivity contribution is 0.0695. The Morgan fingerprint density at radius 3 is 2.72 bits per heavy atom. The third-order valence-corrected chi connectivity index (χ3v) is 3.28. The van der Waals surface area contributed by atoms with Crippen molar-refractivity contribution in [2.24, 2.45) is 0 Å². The van der Waals surface area contributed by atoms with Gasteiger partial charge < -0.3 is 14.6 Å². The second-order valence-electron chi connectivity index (χ2n) is 3.82. The van der Waals surface area contributed by atoms with Crippen molar-refractivity contribution in [2.45, 2.75) is 5.33 Å². The number of hydrogen-bond donors (Lipinski definition) is 1. The van der Waals surface area contributed by atoms with E-state index in [0.717, 1.165) is 5.39 Å². The molecule has 0 saturated carbocycles. The maximum absolute atomic E-state index is 11.1. The summed E-state index contributed by atoms with van der Waals surface area (Å²) in [5.74, 6) is 0.266. The summed E-state index contributed by atoms with van der Waals surface area (Å²) in [5, 5.41) is 10.2. The Morgan fingerprint density at radius 1 is 1.33 bits per heavy atom. The van der Waals surface area contributed by atoms with E-state index in [-0.39, 0.29) is 12.4 Å². The number of carboxylic acid groups (broad SMARTS) is 1. The number of ether oxygens (including phenoxy) is 2. The Hall–Kier alpha value is -1.82. The molecule has 0 amide bonds. The van der Waals surface area contributed by atoms with Crippen LogP contribution in [0.5, 0.6) is 11.5 Å². The SMILES string of the molecule is O=C(O)c1cc2cc3c(cc2nc1CBr)OCO3. The molecule has 0 spiro atoms. The topological polar surface area (TPSA) is 68.7 Å². The summed E-state index contributed by atoms with van der Waals surface area (Å²) in [5.41, 5.74) is 1.38. The molecule has 2 heterocycles. The number of aromatic nitrogens is 1. The second-order valence-corrected chi connectivity index (χ2v) is 4.38. The van der Waals surface area contributed by atoms with Gasteiger partial charge in [0.1, 0.15) is 0 Å². The summed E-state index contributed by atoms with van der Waals surface area (Å²) >= 11 is 3.24. The highest BCUT2D eigenvalue weighted by Gasteiger charge is 2.18. The molecule has 6 heteroatoms. The van der Waals surface area contributed by atoms with Gasteiger partial charge in [0.05, 0.1) is 16.8 Å². The molecule has 1 N–H and O–H groups in total. The van der Waals surface area contributed by atoms with E-state index in [1.54, 1.807) is 18.2 Å². The lowest BCUT2D eigenvalue weighted by Crippen LogP contribution is -2.03. The predicted octanol–water partition coefficient (Wildman–Crippen LogP) is 2.56. The van der Waals surface area contributed by atoms with Gasteiger partial charge in [-0.3, -0.25) is 4.98 Å². The van der Waals surface area contributed by atoms with E-state index in [1.165, 1.54) is 0 Å². The molecule has 18 heavy (non-hydrogen) atoms. The van der Waals surface area contributed by atoms with Gasteiger partial charge in [-0.1, -0.05) is 15.9 Å². The quantitative estimate of drug-likeness (QED) is 0.863. The molecule has 0 atom stereocenters. The molecule has 0 fully saturated rings. The highest BCUT2D eigenvalue weighted by atomic mass is 79.9. The maximum Gasteiger partial charge on any atom is 0.337 e. The molecule has 92 valence electrons. The zero-order chi connectivity index (χ0) is 12.7. The number of carboxylic acids is 1. The Balaban J connectivity index is 2.28. The molecule has 0 aliphatic carbocycles. The average Bonchev–Trinajstić information content (AvgIpc) is 2.81. The van der Waals surface area contributed by atoms with Crippen LogP contribution in [0.2, 0.25) is 0 Å². The number of rotatable bonds is 2. The number of aromatic carboxylic acids is 1. The fourth-order valence-corrected chi connectivity index (χ4v) is 2.32. The molecule has 3 rings (SSSR count). The minimum atomic E-state index is -0.989. The average molecular weight is 310 g/mol. The van der Waals surface area contributed by atoms with Crippen molar-refractivity contribution in [3.05, 3.63) is 29.5 Å². The molecule has 1 aliphatic heterocycles. The van der Waals surface area contributed by atoms with Gasteiger partial charge in [-0.25, -0.2) is 4.79 Å². The van der Waals surface area contributed by atoms with Crippen molar-refractivity contribution in [3.63, 3.8) is 0 Å². The van der Waals surface area contributed by atoms with Crippen molar-refractivity contribution in [1.82, 2.24) is 4.98 Å². The van der Waals surface area contributed by atoms with Gasteiger partial charge in [-0.05, 0) is 12.1 Å². The van der Waals surface area contributed by atoms with Crippen molar-refractivity contribution >= 4 is 32.8 Å². The standard InChI is InChI=1S/C12H8BrNO4/c13-4-9-7(12(15)16)1-6-2-10-11(18-5-17-10)3-8(6)14-9/h1-3H,4-5H2,(H,15,16). The van der Waals surface area contributed by atoms with Crippen LogP contribution in [0.25, 0.3) is 10.9 Å². The first-order valence-corrected chi connectivity index (χ1v) is 6.33. The van der Waals surface area contributed by atoms with E-state index in [0.29, 0.717) is 28.0 Å². The molecule has 2 aromatic rings. The van der Waals surface area contributed by atoms with E-state index in [9.17, 15) is 4.79 Å². The molecule has 1 aromatic carbocycles. The number of fused-ring (bicyclic) bond motifs is 2. The highest BCUT2D eigenvalue weighted by molar-refractivity contribution is 9.08. The van der Waals surface area contributed by atoms with Crippen molar-refractivity contribution in [3.8, 4) is 11.5 Å². The summed E-state index contributed by atoms with van der Waals surface area (Å²) in [6.07, 6.45) is 0. The largest absolute Gasteiger partial charge is 0.478 e. The third kappa shape index (κ3) is 1.69. The van der Waals surface area contributed by atoms with Crippen molar-refractivity contribution < 1.29 is 19.4 Å². The molecule has 0 bridgehead atoms. The molecular weight excluding hydrogens is 302 g/mol. The van der Waals surface area contributed by atoms with Crippen LogP contribution >= 0.6 is 15.9 Å². The zero-order valence-electron chi connectivity index (χ0n) is 9.14. The number of nitrogens with zero attached hydrogens (tertiary/aromatic N) is 1. The van der Waals surface area contributed by atoms with Crippen LogP contribution in [0.4, 0.5) is 0 Å². The number of benzene rings is 1. The predicted molar refractivity (Wildman–Crippen MR) is 67.5 cm³/mol. The fraction of sp³-hybridized carbons (Fsp3) is 0.167. The summed E-state index contributed by atoms with van der Waals surface area (Å²) < 4.78 is 10.5. The van der Waals surface area contributed by atoms with Gasteiger partial charge in [0, 0.05) is 16.8 Å². The number of alkyl halides is 1. The lowest BCUT2D eigenvalue weighted by Gasteiger charge is -2.06. The monoisotopic (exact) mass is 309 g/mol. The Morgan fingerprint density at radius 2 is 2.06 bits per heavy atom.